The van der Waals surface area contributed by atoms with E-state index in [1.807, 2.05) is 0 Å². The molecule has 0 amide bonds. The average molecular weight is 279 g/mol. The molecule has 0 saturated heterocycles. The zero-order valence-electron chi connectivity index (χ0n) is 8.13. The molecule has 5 heteroatoms. The van der Waals surface area contributed by atoms with Crippen molar-refractivity contribution < 1.29 is 4.74 Å². The first-order valence-electron chi connectivity index (χ1n) is 4.44. The Bertz CT molecular complexity index is 267. The molecule has 1 rings (SSSR count). The van der Waals surface area contributed by atoms with Crippen LogP contribution in [0.4, 0.5) is 0 Å². The molecule has 80 valence electrons. The third-order valence-electron chi connectivity index (χ3n) is 1.98. The van der Waals surface area contributed by atoms with Crippen LogP contribution in [0.3, 0.4) is 0 Å². The summed E-state index contributed by atoms with van der Waals surface area (Å²) in [7, 11) is 1.70. The van der Waals surface area contributed by atoms with Crippen molar-refractivity contribution in [3.63, 3.8) is 0 Å². The third kappa shape index (κ3) is 4.06. The topological polar surface area (TPSA) is 47.3 Å². The number of hydrazine groups is 1. The van der Waals surface area contributed by atoms with Gasteiger partial charge in [0.25, 0.3) is 0 Å². The van der Waals surface area contributed by atoms with E-state index in [2.05, 4.69) is 32.8 Å². The van der Waals surface area contributed by atoms with E-state index in [4.69, 9.17) is 10.6 Å². The van der Waals surface area contributed by atoms with Crippen molar-refractivity contribution in [3.05, 3.63) is 20.8 Å². The highest BCUT2D eigenvalue weighted by Gasteiger charge is 2.08. The SMILES string of the molecule is COCCC(Cc1cc(Br)cs1)NN. The largest absolute Gasteiger partial charge is 0.385 e. The highest BCUT2D eigenvalue weighted by molar-refractivity contribution is 9.10. The maximum atomic E-state index is 5.46. The van der Waals surface area contributed by atoms with Crippen molar-refractivity contribution in [3.8, 4) is 0 Å². The molecule has 0 fully saturated rings. The second-order valence-corrected chi connectivity index (χ2v) is 4.99. The predicted octanol–water partition coefficient (Wildman–Crippen LogP) is 1.92. The number of nitrogens with one attached hydrogen (secondary N) is 1. The van der Waals surface area contributed by atoms with Crippen molar-refractivity contribution in [1.82, 2.24) is 5.43 Å². The van der Waals surface area contributed by atoms with E-state index in [9.17, 15) is 0 Å². The number of nitrogens with two attached hydrogens (primary N) is 1. The molecule has 0 aliphatic rings. The molecule has 0 radical (unpaired) electrons. The minimum Gasteiger partial charge on any atom is -0.385 e. The summed E-state index contributed by atoms with van der Waals surface area (Å²) in [6, 6.07) is 2.42. The van der Waals surface area contributed by atoms with Gasteiger partial charge in [-0.2, -0.15) is 0 Å². The van der Waals surface area contributed by atoms with E-state index in [0.29, 0.717) is 6.04 Å². The van der Waals surface area contributed by atoms with Crippen LogP contribution < -0.4 is 11.3 Å². The summed E-state index contributed by atoms with van der Waals surface area (Å²) in [5.74, 6) is 5.46. The molecule has 0 aliphatic carbocycles. The van der Waals surface area contributed by atoms with E-state index in [0.717, 1.165) is 23.9 Å². The molecule has 1 unspecified atom stereocenters. The number of methoxy groups -OCH3 is 1. The smallest absolute Gasteiger partial charge is 0.0477 e. The van der Waals surface area contributed by atoms with Crippen LogP contribution in [-0.2, 0) is 11.2 Å². The zero-order valence-corrected chi connectivity index (χ0v) is 10.5. The number of ether oxygens (including phenoxy) is 1. The van der Waals surface area contributed by atoms with Gasteiger partial charge in [-0.15, -0.1) is 11.3 Å². The lowest BCUT2D eigenvalue weighted by Gasteiger charge is -2.13. The fourth-order valence-corrected chi connectivity index (χ4v) is 2.74. The Morgan fingerprint density at radius 2 is 2.50 bits per heavy atom. The molecule has 0 aromatic carbocycles. The van der Waals surface area contributed by atoms with Crippen LogP contribution in [0.1, 0.15) is 11.3 Å². The fourth-order valence-electron chi connectivity index (χ4n) is 1.21. The van der Waals surface area contributed by atoms with Gasteiger partial charge in [-0.3, -0.25) is 11.3 Å². The van der Waals surface area contributed by atoms with E-state index in [-0.39, 0.29) is 0 Å². The maximum absolute atomic E-state index is 5.46. The molecular formula is C9H15BrN2OS. The summed E-state index contributed by atoms with van der Waals surface area (Å²) in [6.45, 7) is 0.738. The Morgan fingerprint density at radius 1 is 1.71 bits per heavy atom. The monoisotopic (exact) mass is 278 g/mol. The molecule has 0 bridgehead atoms. The molecule has 1 aromatic heterocycles. The number of hydrogen-bond donors (Lipinski definition) is 2. The Kier molecular flexibility index (Phi) is 5.66. The van der Waals surface area contributed by atoms with E-state index in [1.54, 1.807) is 18.4 Å². The predicted molar refractivity (Wildman–Crippen MR) is 63.3 cm³/mol. The van der Waals surface area contributed by atoms with Gasteiger partial charge in [0, 0.05) is 34.5 Å². The number of thiophene rings is 1. The second kappa shape index (κ2) is 6.53. The van der Waals surface area contributed by atoms with Crippen molar-refractivity contribution in [1.29, 1.82) is 0 Å². The van der Waals surface area contributed by atoms with Crippen molar-refractivity contribution in [2.75, 3.05) is 13.7 Å². The van der Waals surface area contributed by atoms with Crippen molar-refractivity contribution >= 4 is 27.3 Å². The Labute approximate surface area is 96.7 Å². The first-order valence-corrected chi connectivity index (χ1v) is 6.11. The Balaban J connectivity index is 2.40. The normalized spacial score (nSPS) is 13.1. The lowest BCUT2D eigenvalue weighted by atomic mass is 10.1. The van der Waals surface area contributed by atoms with Gasteiger partial charge in [0.1, 0.15) is 0 Å². The Morgan fingerprint density at radius 3 is 3.00 bits per heavy atom. The average Bonchev–Trinajstić information content (AvgIpc) is 2.58. The van der Waals surface area contributed by atoms with Crippen LogP contribution in [0.15, 0.2) is 15.9 Å². The quantitative estimate of drug-likeness (QED) is 0.618. The first-order chi connectivity index (χ1) is 6.76. The van der Waals surface area contributed by atoms with Gasteiger partial charge in [-0.05, 0) is 34.8 Å². The van der Waals surface area contributed by atoms with Gasteiger partial charge >= 0.3 is 0 Å². The summed E-state index contributed by atoms with van der Waals surface area (Å²) in [6.07, 6.45) is 1.89. The summed E-state index contributed by atoms with van der Waals surface area (Å²) in [5, 5.41) is 2.08. The molecule has 14 heavy (non-hydrogen) atoms. The van der Waals surface area contributed by atoms with Gasteiger partial charge in [0.05, 0.1) is 0 Å². The van der Waals surface area contributed by atoms with Crippen LogP contribution in [0.5, 0.6) is 0 Å². The van der Waals surface area contributed by atoms with Crippen LogP contribution in [0, 0.1) is 0 Å². The molecule has 0 aliphatic heterocycles. The molecule has 0 spiro atoms. The molecule has 0 saturated carbocycles. The maximum Gasteiger partial charge on any atom is 0.0477 e. The highest BCUT2D eigenvalue weighted by atomic mass is 79.9. The van der Waals surface area contributed by atoms with E-state index < -0.39 is 0 Å². The first kappa shape index (κ1) is 12.1. The van der Waals surface area contributed by atoms with Gasteiger partial charge in [-0.1, -0.05) is 0 Å². The molecule has 1 heterocycles. The van der Waals surface area contributed by atoms with E-state index >= 15 is 0 Å². The minimum atomic E-state index is 0.292. The fraction of sp³-hybridized carbons (Fsp3) is 0.556. The van der Waals surface area contributed by atoms with Crippen LogP contribution in [-0.4, -0.2) is 19.8 Å². The zero-order chi connectivity index (χ0) is 10.4. The second-order valence-electron chi connectivity index (χ2n) is 3.08. The lowest BCUT2D eigenvalue weighted by molar-refractivity contribution is 0.182. The third-order valence-corrected chi connectivity index (χ3v) is 3.70. The summed E-state index contributed by atoms with van der Waals surface area (Å²) >= 11 is 5.17. The van der Waals surface area contributed by atoms with Crippen molar-refractivity contribution in [2.24, 2.45) is 5.84 Å². The van der Waals surface area contributed by atoms with E-state index in [1.165, 1.54) is 4.88 Å². The molecule has 1 atom stereocenters. The number of halogens is 1. The standard InChI is InChI=1S/C9H15BrN2OS/c1-13-3-2-8(12-11)5-9-4-7(10)6-14-9/h4,6,8,12H,2-3,5,11H2,1H3. The Hall–Kier alpha value is 0.0600. The van der Waals surface area contributed by atoms with Gasteiger partial charge in [0.15, 0.2) is 0 Å². The highest BCUT2D eigenvalue weighted by Crippen LogP contribution is 2.21. The van der Waals surface area contributed by atoms with Gasteiger partial charge in [-0.25, -0.2) is 0 Å². The van der Waals surface area contributed by atoms with Crippen molar-refractivity contribution in [2.45, 2.75) is 18.9 Å². The molecule has 3 N–H and O–H groups in total. The number of hydrogen-bond acceptors (Lipinski definition) is 4. The minimum absolute atomic E-state index is 0.292. The van der Waals surface area contributed by atoms with Crippen LogP contribution >= 0.6 is 27.3 Å². The lowest BCUT2D eigenvalue weighted by Crippen LogP contribution is -2.37. The number of rotatable bonds is 6. The summed E-state index contributed by atoms with van der Waals surface area (Å²) in [5.41, 5.74) is 2.81. The summed E-state index contributed by atoms with van der Waals surface area (Å²) in [4.78, 5) is 1.33. The van der Waals surface area contributed by atoms with Gasteiger partial charge in [0.2, 0.25) is 0 Å². The van der Waals surface area contributed by atoms with Gasteiger partial charge < -0.3 is 4.74 Å². The van der Waals surface area contributed by atoms with Crippen LogP contribution in [0.25, 0.3) is 0 Å². The molecule has 1 aromatic rings. The molecule has 3 nitrogen and oxygen atoms in total. The molecular weight excluding hydrogens is 264 g/mol. The summed E-state index contributed by atoms with van der Waals surface area (Å²) < 4.78 is 6.15. The van der Waals surface area contributed by atoms with Crippen LogP contribution in [0.2, 0.25) is 0 Å².